The van der Waals surface area contributed by atoms with Gasteiger partial charge in [-0.1, -0.05) is 0 Å². The van der Waals surface area contributed by atoms with Crippen LogP contribution in [0.25, 0.3) is 0 Å². The summed E-state index contributed by atoms with van der Waals surface area (Å²) in [5.41, 5.74) is 3.19. The molecule has 11 heteroatoms. The topological polar surface area (TPSA) is 165 Å². The van der Waals surface area contributed by atoms with Gasteiger partial charge in [0, 0.05) is 36.2 Å². The number of rotatable bonds is 4. The number of hydrogen-bond acceptors (Lipinski definition) is 9. The maximum Gasteiger partial charge on any atom is 0.255 e. The number of amides is 1. The lowest BCUT2D eigenvalue weighted by atomic mass is 9.58. The highest BCUT2D eigenvalue weighted by molar-refractivity contribution is 8.32. The van der Waals surface area contributed by atoms with Crippen molar-refractivity contribution in [3.05, 3.63) is 39.9 Å². The molecule has 4 atom stereocenters. The van der Waals surface area contributed by atoms with Crippen LogP contribution in [-0.2, 0) is 16.0 Å². The van der Waals surface area contributed by atoms with E-state index in [1.54, 1.807) is 14.1 Å². The number of aliphatic hydroxyl groups excluding tert-OH is 2. The number of allylic oxidation sites excluding steroid dienone is 1. The number of Topliss-reactive ketones (excluding diaryl/α,β-unsaturated/α-hetero) is 2. The predicted molar refractivity (Wildman–Crippen MR) is 142 cm³/mol. The van der Waals surface area contributed by atoms with Gasteiger partial charge >= 0.3 is 0 Å². The van der Waals surface area contributed by atoms with Crippen LogP contribution in [0.5, 0.6) is 5.75 Å². The minimum atomic E-state index is -2.64. The van der Waals surface area contributed by atoms with Gasteiger partial charge in [-0.05, 0) is 63.3 Å². The summed E-state index contributed by atoms with van der Waals surface area (Å²) in [5, 5.41) is 45.3. The fourth-order valence-corrected chi connectivity index (χ4v) is 7.29. The third-order valence-electron chi connectivity index (χ3n) is 7.81. The first-order chi connectivity index (χ1) is 17.0. The van der Waals surface area contributed by atoms with Gasteiger partial charge < -0.3 is 31.1 Å². The van der Waals surface area contributed by atoms with Gasteiger partial charge in [0.25, 0.3) is 5.91 Å². The average Bonchev–Trinajstić information content (AvgIpc) is 2.74. The number of hydrogen-bond donors (Lipinski definition) is 5. The lowest BCUT2D eigenvalue weighted by molar-refractivity contribution is -0.148. The molecule has 0 saturated heterocycles. The normalized spacial score (nSPS) is 28.2. The molecule has 0 spiro atoms. The molecular weight excluding hydrogens is 498 g/mol. The summed E-state index contributed by atoms with van der Waals surface area (Å²) >= 11 is 0. The Morgan fingerprint density at radius 1 is 1.11 bits per heavy atom. The highest BCUT2D eigenvalue weighted by Crippen LogP contribution is 2.57. The number of benzene rings is 1. The maximum absolute atomic E-state index is 14.0. The Labute approximate surface area is 217 Å². The van der Waals surface area contributed by atoms with Crippen LogP contribution in [0.2, 0.25) is 0 Å². The molecule has 4 rings (SSSR count). The third-order valence-corrected chi connectivity index (χ3v) is 9.44. The van der Waals surface area contributed by atoms with E-state index >= 15 is 0 Å². The molecule has 1 amide bonds. The maximum atomic E-state index is 14.0. The second-order valence-electron chi connectivity index (χ2n) is 11.3. The van der Waals surface area contributed by atoms with Crippen LogP contribution < -0.4 is 10.6 Å². The van der Waals surface area contributed by atoms with Gasteiger partial charge in [-0.25, -0.2) is 10.0 Å². The van der Waals surface area contributed by atoms with Crippen LogP contribution in [0.3, 0.4) is 0 Å². The van der Waals surface area contributed by atoms with E-state index in [1.165, 1.54) is 4.90 Å². The highest BCUT2D eigenvalue weighted by Gasteiger charge is 2.63. The average molecular weight is 534 g/mol. The van der Waals surface area contributed by atoms with E-state index in [1.807, 2.05) is 43.8 Å². The molecule has 1 aromatic carbocycles. The molecule has 0 saturated carbocycles. The van der Waals surface area contributed by atoms with Crippen molar-refractivity contribution < 1.29 is 34.8 Å². The van der Waals surface area contributed by atoms with Crippen molar-refractivity contribution in [2.45, 2.75) is 29.4 Å². The van der Waals surface area contributed by atoms with Crippen molar-refractivity contribution >= 4 is 33.2 Å². The summed E-state index contributed by atoms with van der Waals surface area (Å²) in [7, 11) is 5.42. The second-order valence-corrected chi connectivity index (χ2v) is 15.4. The van der Waals surface area contributed by atoms with E-state index in [4.69, 9.17) is 5.73 Å². The van der Waals surface area contributed by atoms with Crippen LogP contribution in [0.15, 0.2) is 33.6 Å². The molecule has 0 aliphatic heterocycles. The molecule has 0 aromatic heterocycles. The molecule has 202 valence electrons. The Bertz CT molecular complexity index is 1310. The smallest absolute Gasteiger partial charge is 0.255 e. The highest BCUT2D eigenvalue weighted by atomic mass is 32.3. The van der Waals surface area contributed by atoms with E-state index in [9.17, 15) is 34.8 Å². The number of carbonyl (C=O) groups excluding carboxylic acids is 3. The summed E-state index contributed by atoms with van der Waals surface area (Å²) in [6.45, 7) is 0. The molecule has 0 radical (unpaired) electrons. The number of fused-ring (bicyclic) bond motifs is 3. The van der Waals surface area contributed by atoms with Crippen LogP contribution in [0.4, 0.5) is 5.69 Å². The van der Waals surface area contributed by atoms with E-state index in [2.05, 4.69) is 0 Å². The molecule has 37 heavy (non-hydrogen) atoms. The quantitative estimate of drug-likeness (QED) is 0.358. The fraction of sp³-hybridized carbons (Fsp3) is 0.500. The number of phenols is 1. The molecule has 3 aliphatic rings. The molecule has 3 aliphatic carbocycles. The Balaban J connectivity index is 2.02. The SMILES string of the molecule is CN(C)c1cc(S(C)(C)C)c(O)c2c1C[C@H]1C[C@H]3[C@H](N(C)C)C(O)=C(C(N)=O)C(=O)[C@@]3(O)C(O)=C1C2=O. The number of ketones is 2. The van der Waals surface area contributed by atoms with Gasteiger partial charge in [0.05, 0.1) is 11.6 Å². The first-order valence-electron chi connectivity index (χ1n) is 11.9. The van der Waals surface area contributed by atoms with Gasteiger partial charge in [0.2, 0.25) is 5.78 Å². The number of phenolic OH excluding ortho intramolecular Hbond substituents is 1. The number of nitrogens with zero attached hydrogens (tertiary/aromatic N) is 2. The largest absolute Gasteiger partial charge is 0.510 e. The molecule has 10 nitrogen and oxygen atoms in total. The number of primary amides is 1. The molecular formula is C26H35N3O7S. The van der Waals surface area contributed by atoms with Gasteiger partial charge in [-0.15, -0.1) is 0 Å². The fourth-order valence-electron chi connectivity index (χ4n) is 6.14. The van der Waals surface area contributed by atoms with Crippen molar-refractivity contribution in [1.29, 1.82) is 0 Å². The molecule has 0 bridgehead atoms. The lowest BCUT2D eigenvalue weighted by Gasteiger charge is -2.50. The van der Waals surface area contributed by atoms with Crippen molar-refractivity contribution in [2.75, 3.05) is 51.9 Å². The molecule has 0 unspecified atom stereocenters. The number of anilines is 1. The summed E-state index contributed by atoms with van der Waals surface area (Å²) in [4.78, 5) is 43.5. The summed E-state index contributed by atoms with van der Waals surface area (Å²) < 4.78 is 0. The zero-order valence-corrected chi connectivity index (χ0v) is 22.9. The van der Waals surface area contributed by atoms with Gasteiger partial charge in [-0.2, -0.15) is 0 Å². The molecule has 6 N–H and O–H groups in total. The van der Waals surface area contributed by atoms with E-state index in [0.717, 1.165) is 5.69 Å². The number of likely N-dealkylation sites (N-methyl/N-ethyl adjacent to an activating group) is 1. The molecule has 1 aromatic rings. The predicted octanol–water partition coefficient (Wildman–Crippen LogP) is 1.24. The molecule has 0 fully saturated rings. The monoisotopic (exact) mass is 533 g/mol. The minimum Gasteiger partial charge on any atom is -0.510 e. The van der Waals surface area contributed by atoms with Crippen LogP contribution in [-0.4, -0.2) is 101 Å². The number of aliphatic hydroxyl groups is 3. The zero-order valence-electron chi connectivity index (χ0n) is 22.1. The number of nitrogens with two attached hydrogens (primary N) is 1. The summed E-state index contributed by atoms with van der Waals surface area (Å²) in [5.74, 6) is -6.41. The van der Waals surface area contributed by atoms with E-state index in [0.29, 0.717) is 10.5 Å². The number of aromatic hydroxyl groups is 1. The number of carbonyl (C=O) groups is 3. The van der Waals surface area contributed by atoms with Gasteiger partial charge in [0.15, 0.2) is 11.4 Å². The summed E-state index contributed by atoms with van der Waals surface area (Å²) in [6.07, 6.45) is 6.28. The van der Waals surface area contributed by atoms with Crippen LogP contribution >= 0.6 is 10.0 Å². The van der Waals surface area contributed by atoms with E-state index < -0.39 is 68.1 Å². The zero-order chi connectivity index (χ0) is 27.9. The van der Waals surface area contributed by atoms with Crippen LogP contribution in [0, 0.1) is 11.8 Å². The van der Waals surface area contributed by atoms with Crippen molar-refractivity contribution in [3.63, 3.8) is 0 Å². The van der Waals surface area contributed by atoms with Crippen molar-refractivity contribution in [1.82, 2.24) is 4.90 Å². The van der Waals surface area contributed by atoms with Crippen LogP contribution in [0.1, 0.15) is 22.3 Å². The first kappa shape index (κ1) is 27.0. The molecule has 0 heterocycles. The van der Waals surface area contributed by atoms with Crippen molar-refractivity contribution in [2.24, 2.45) is 17.6 Å². The lowest BCUT2D eigenvalue weighted by Crippen LogP contribution is -2.63. The standard InChI is InChI=1S/C26H35N3O7S/c1-28(2)14-10-15(37(5,6)7)20(30)17-12(14)8-11-9-13-19(29(3)4)22(32)18(25(27)35)24(34)26(13,36)23(33)16(11)21(17)31/h10-11,13,19,30,32-33,36H,8-9H2,1-7H3,(H2,27,35)/t11-,13-,19-,26-/m0/s1. The van der Waals surface area contributed by atoms with Gasteiger partial charge in [0.1, 0.15) is 22.8 Å². The van der Waals surface area contributed by atoms with Gasteiger partial charge in [-0.3, -0.25) is 19.3 Å². The third kappa shape index (κ3) is 3.66. The van der Waals surface area contributed by atoms with Crippen molar-refractivity contribution in [3.8, 4) is 5.75 Å². The van der Waals surface area contributed by atoms with E-state index in [-0.39, 0.29) is 29.7 Å². The minimum absolute atomic E-state index is 0.0457. The second kappa shape index (κ2) is 8.50. The Morgan fingerprint density at radius 3 is 2.19 bits per heavy atom. The Hall–Kier alpha value is -3.02. The Morgan fingerprint density at radius 2 is 1.70 bits per heavy atom. The Kier molecular flexibility index (Phi) is 6.21. The summed E-state index contributed by atoms with van der Waals surface area (Å²) in [6, 6.07) is 0.879. The first-order valence-corrected chi connectivity index (χ1v) is 14.7.